The van der Waals surface area contributed by atoms with Gasteiger partial charge in [-0.05, 0) is 12.1 Å². The Morgan fingerprint density at radius 1 is 1.25 bits per heavy atom. The van der Waals surface area contributed by atoms with Crippen LogP contribution in [0, 0.1) is 0 Å². The van der Waals surface area contributed by atoms with E-state index in [1.165, 1.54) is 11.3 Å². The molecule has 16 heavy (non-hydrogen) atoms. The van der Waals surface area contributed by atoms with Gasteiger partial charge in [0.1, 0.15) is 0 Å². The third kappa shape index (κ3) is 2.70. The van der Waals surface area contributed by atoms with Crippen LogP contribution in [0.5, 0.6) is 0 Å². The van der Waals surface area contributed by atoms with Crippen molar-refractivity contribution in [2.75, 3.05) is 5.73 Å². The molecule has 1 aromatic heterocycles. The number of aromatic nitrogens is 1. The average molecular weight is 258 g/mol. The molecule has 0 spiro atoms. The van der Waals surface area contributed by atoms with Crippen LogP contribution in [0.3, 0.4) is 0 Å². The van der Waals surface area contributed by atoms with Gasteiger partial charge in [-0.2, -0.15) is 8.78 Å². The van der Waals surface area contributed by atoms with E-state index in [0.29, 0.717) is 21.8 Å². The van der Waals surface area contributed by atoms with Crippen molar-refractivity contribution >= 4 is 28.2 Å². The van der Waals surface area contributed by atoms with E-state index in [9.17, 15) is 8.78 Å². The molecule has 2 N–H and O–H groups in total. The van der Waals surface area contributed by atoms with Gasteiger partial charge in [0.05, 0.1) is 5.69 Å². The predicted octanol–water partition coefficient (Wildman–Crippen LogP) is 3.71. The Kier molecular flexibility index (Phi) is 3.40. The van der Waals surface area contributed by atoms with E-state index in [4.69, 9.17) is 5.73 Å². The number of rotatable bonds is 3. The van der Waals surface area contributed by atoms with Crippen molar-refractivity contribution < 1.29 is 8.78 Å². The van der Waals surface area contributed by atoms with Crippen LogP contribution in [0.4, 0.5) is 13.9 Å². The maximum absolute atomic E-state index is 12.1. The standard InChI is InChI=1S/C10H8F2N2S2/c11-9(12)16-7-3-1-6(2-4-7)8-5-15-10(13)14-8/h1-5,9H,(H2,13,14). The second kappa shape index (κ2) is 4.80. The van der Waals surface area contributed by atoms with Crippen LogP contribution >= 0.6 is 23.1 Å². The summed E-state index contributed by atoms with van der Waals surface area (Å²) in [4.78, 5) is 4.66. The smallest absolute Gasteiger partial charge is 0.288 e. The molecule has 0 aliphatic heterocycles. The molecule has 2 aromatic rings. The molecule has 0 bridgehead atoms. The first-order valence-electron chi connectivity index (χ1n) is 4.41. The Hall–Kier alpha value is -1.14. The minimum Gasteiger partial charge on any atom is -0.375 e. The number of thiazole rings is 1. The molecule has 0 radical (unpaired) electrons. The lowest BCUT2D eigenvalue weighted by Crippen LogP contribution is -1.84. The Morgan fingerprint density at radius 2 is 1.94 bits per heavy atom. The number of nitrogen functional groups attached to an aromatic ring is 1. The van der Waals surface area contributed by atoms with Gasteiger partial charge in [0.25, 0.3) is 5.76 Å². The lowest BCUT2D eigenvalue weighted by molar-refractivity contribution is 0.252. The fourth-order valence-corrected chi connectivity index (χ4v) is 2.30. The molecule has 0 aliphatic carbocycles. The van der Waals surface area contributed by atoms with Crippen LogP contribution in [0.1, 0.15) is 0 Å². The first kappa shape index (κ1) is 11.3. The molecule has 0 saturated carbocycles. The first-order chi connectivity index (χ1) is 7.65. The Labute approximate surface area is 99.5 Å². The zero-order valence-corrected chi connectivity index (χ0v) is 9.69. The molecule has 2 nitrogen and oxygen atoms in total. The fraction of sp³-hybridized carbons (Fsp3) is 0.100. The zero-order chi connectivity index (χ0) is 11.5. The summed E-state index contributed by atoms with van der Waals surface area (Å²) in [5.74, 6) is -2.39. The van der Waals surface area contributed by atoms with Crippen molar-refractivity contribution in [1.29, 1.82) is 0 Å². The zero-order valence-electron chi connectivity index (χ0n) is 8.06. The van der Waals surface area contributed by atoms with E-state index < -0.39 is 5.76 Å². The third-order valence-electron chi connectivity index (χ3n) is 1.90. The highest BCUT2D eigenvalue weighted by Crippen LogP contribution is 2.28. The molecule has 0 fully saturated rings. The first-order valence-corrected chi connectivity index (χ1v) is 6.17. The number of anilines is 1. The number of thioether (sulfide) groups is 1. The molecule has 6 heteroatoms. The minimum absolute atomic E-state index is 0.501. The number of hydrogen-bond acceptors (Lipinski definition) is 4. The molecular weight excluding hydrogens is 250 g/mol. The molecule has 0 atom stereocenters. The maximum Gasteiger partial charge on any atom is 0.288 e. The van der Waals surface area contributed by atoms with Gasteiger partial charge in [0.15, 0.2) is 5.13 Å². The largest absolute Gasteiger partial charge is 0.375 e. The normalized spacial score (nSPS) is 10.9. The Bertz CT molecular complexity index is 468. The summed E-state index contributed by atoms with van der Waals surface area (Å²) in [6, 6.07) is 6.84. The topological polar surface area (TPSA) is 38.9 Å². The second-order valence-corrected chi connectivity index (χ2v) is 4.93. The highest BCUT2D eigenvalue weighted by Gasteiger charge is 2.06. The van der Waals surface area contributed by atoms with Crippen LogP contribution in [0.25, 0.3) is 11.3 Å². The van der Waals surface area contributed by atoms with E-state index in [-0.39, 0.29) is 0 Å². The second-order valence-electron chi connectivity index (χ2n) is 2.97. The van der Waals surface area contributed by atoms with Gasteiger partial charge in [0.2, 0.25) is 0 Å². The van der Waals surface area contributed by atoms with E-state index in [1.54, 1.807) is 24.3 Å². The summed E-state index contributed by atoms with van der Waals surface area (Å²) in [7, 11) is 0. The van der Waals surface area contributed by atoms with Gasteiger partial charge >= 0.3 is 0 Å². The van der Waals surface area contributed by atoms with E-state index >= 15 is 0 Å². The molecule has 84 valence electrons. The van der Waals surface area contributed by atoms with Crippen molar-refractivity contribution in [3.05, 3.63) is 29.6 Å². The summed E-state index contributed by atoms with van der Waals surface area (Å²) >= 11 is 1.89. The van der Waals surface area contributed by atoms with E-state index in [2.05, 4.69) is 4.98 Å². The summed E-state index contributed by atoms with van der Waals surface area (Å²) in [6.45, 7) is 0. The summed E-state index contributed by atoms with van der Waals surface area (Å²) < 4.78 is 24.2. The number of hydrogen-bond donors (Lipinski definition) is 1. The van der Waals surface area contributed by atoms with Crippen molar-refractivity contribution in [3.63, 3.8) is 0 Å². The SMILES string of the molecule is Nc1nc(-c2ccc(SC(F)F)cc2)cs1. The molecule has 0 unspecified atom stereocenters. The van der Waals surface area contributed by atoms with Crippen molar-refractivity contribution in [2.24, 2.45) is 0 Å². The van der Waals surface area contributed by atoms with E-state index in [0.717, 1.165) is 11.3 Å². The molecule has 0 amide bonds. The average Bonchev–Trinajstić information content (AvgIpc) is 2.65. The molecular formula is C10H8F2N2S2. The van der Waals surface area contributed by atoms with Crippen molar-refractivity contribution in [2.45, 2.75) is 10.7 Å². The van der Waals surface area contributed by atoms with E-state index in [1.807, 2.05) is 5.38 Å². The lowest BCUT2D eigenvalue weighted by Gasteiger charge is -2.01. The number of alkyl halides is 2. The molecule has 2 rings (SSSR count). The Morgan fingerprint density at radius 3 is 2.44 bits per heavy atom. The molecule has 0 aliphatic rings. The van der Waals surface area contributed by atoms with Crippen molar-refractivity contribution in [1.82, 2.24) is 4.98 Å². The predicted molar refractivity (Wildman–Crippen MR) is 63.8 cm³/mol. The minimum atomic E-state index is -2.39. The number of nitrogens with zero attached hydrogens (tertiary/aromatic N) is 1. The van der Waals surface area contributed by atoms with Crippen molar-refractivity contribution in [3.8, 4) is 11.3 Å². The Balaban J connectivity index is 2.19. The van der Waals surface area contributed by atoms with Crippen LogP contribution < -0.4 is 5.73 Å². The van der Waals surface area contributed by atoms with Crippen LogP contribution in [-0.4, -0.2) is 10.7 Å². The summed E-state index contributed by atoms with van der Waals surface area (Å²) in [6.07, 6.45) is 0. The third-order valence-corrected chi connectivity index (χ3v) is 3.29. The van der Waals surface area contributed by atoms with Crippen LogP contribution in [-0.2, 0) is 0 Å². The molecule has 1 aromatic carbocycles. The number of benzene rings is 1. The molecule has 1 heterocycles. The van der Waals surface area contributed by atoms with Gasteiger partial charge in [-0.1, -0.05) is 23.9 Å². The highest BCUT2D eigenvalue weighted by molar-refractivity contribution is 7.99. The summed E-state index contributed by atoms with van der Waals surface area (Å²) in [5, 5.41) is 2.34. The monoisotopic (exact) mass is 258 g/mol. The van der Waals surface area contributed by atoms with Gasteiger partial charge in [-0.15, -0.1) is 11.3 Å². The molecule has 0 saturated heterocycles. The highest BCUT2D eigenvalue weighted by atomic mass is 32.2. The van der Waals surface area contributed by atoms with Gasteiger partial charge in [0, 0.05) is 15.8 Å². The number of nitrogens with two attached hydrogens (primary N) is 1. The lowest BCUT2D eigenvalue weighted by atomic mass is 10.2. The van der Waals surface area contributed by atoms with Gasteiger partial charge in [-0.25, -0.2) is 4.98 Å². The summed E-state index contributed by atoms with van der Waals surface area (Å²) in [5.41, 5.74) is 7.17. The van der Waals surface area contributed by atoms with Crippen LogP contribution in [0.15, 0.2) is 34.5 Å². The van der Waals surface area contributed by atoms with Gasteiger partial charge in [-0.3, -0.25) is 0 Å². The fourth-order valence-electron chi connectivity index (χ4n) is 1.23. The quantitative estimate of drug-likeness (QED) is 0.853. The number of halogens is 2. The van der Waals surface area contributed by atoms with Gasteiger partial charge < -0.3 is 5.73 Å². The maximum atomic E-state index is 12.1. The van der Waals surface area contributed by atoms with Crippen LogP contribution in [0.2, 0.25) is 0 Å².